The molecule has 0 bridgehead atoms. The van der Waals surface area contributed by atoms with Crippen LogP contribution in [0.15, 0.2) is 24.3 Å². The molecule has 0 atom stereocenters. The molecule has 0 heterocycles. The summed E-state index contributed by atoms with van der Waals surface area (Å²) in [5.41, 5.74) is 2.11. The molecule has 1 aromatic carbocycles. The van der Waals surface area contributed by atoms with Gasteiger partial charge in [0.1, 0.15) is 0 Å². The van der Waals surface area contributed by atoms with E-state index in [1.807, 2.05) is 31.2 Å². The molecule has 0 spiro atoms. The third kappa shape index (κ3) is 2.10. The second kappa shape index (κ2) is 3.60. The summed E-state index contributed by atoms with van der Waals surface area (Å²) in [5, 5.41) is 8.74. The molecule has 0 aliphatic heterocycles. The van der Waals surface area contributed by atoms with Crippen LogP contribution in [-0.4, -0.2) is 16.6 Å². The molecule has 0 saturated carbocycles. The van der Waals surface area contributed by atoms with E-state index in [9.17, 15) is 0 Å². The standard InChI is InChI=1S/C9H10OS/c1-7-3-2-4-8(5-7)9(11)6-10/h2-5,10H,6H2,1H3. The minimum absolute atomic E-state index is 0.0429. The highest BCUT2D eigenvalue weighted by Crippen LogP contribution is 2.04. The molecule has 0 aliphatic rings. The van der Waals surface area contributed by atoms with Gasteiger partial charge in [0.05, 0.1) is 6.61 Å². The molecule has 1 N–H and O–H groups in total. The van der Waals surface area contributed by atoms with Gasteiger partial charge in [-0.15, -0.1) is 0 Å². The first-order valence-corrected chi connectivity index (χ1v) is 3.85. The van der Waals surface area contributed by atoms with Crippen molar-refractivity contribution in [3.05, 3.63) is 35.4 Å². The fraction of sp³-hybridized carbons (Fsp3) is 0.222. The summed E-state index contributed by atoms with van der Waals surface area (Å²) < 4.78 is 0. The van der Waals surface area contributed by atoms with Gasteiger partial charge in [-0.3, -0.25) is 0 Å². The zero-order valence-electron chi connectivity index (χ0n) is 6.37. The number of rotatable bonds is 2. The molecule has 0 amide bonds. The maximum atomic E-state index is 8.74. The number of thiocarbonyl (C=S) groups is 1. The molecule has 1 aromatic rings. The topological polar surface area (TPSA) is 20.2 Å². The Morgan fingerprint density at radius 1 is 1.55 bits per heavy atom. The Bertz CT molecular complexity index is 268. The van der Waals surface area contributed by atoms with Gasteiger partial charge in [-0.05, 0) is 12.5 Å². The third-order valence-corrected chi connectivity index (χ3v) is 1.85. The molecule has 0 unspecified atom stereocenters. The van der Waals surface area contributed by atoms with Gasteiger partial charge in [0, 0.05) is 4.86 Å². The van der Waals surface area contributed by atoms with Gasteiger partial charge in [-0.2, -0.15) is 0 Å². The highest BCUT2D eigenvalue weighted by molar-refractivity contribution is 7.80. The second-order valence-electron chi connectivity index (χ2n) is 2.45. The number of hydrogen-bond acceptors (Lipinski definition) is 2. The van der Waals surface area contributed by atoms with Crippen LogP contribution in [-0.2, 0) is 0 Å². The highest BCUT2D eigenvalue weighted by atomic mass is 32.1. The number of aliphatic hydroxyl groups excluding tert-OH is 1. The number of hydrogen-bond donors (Lipinski definition) is 1. The van der Waals surface area contributed by atoms with Crippen molar-refractivity contribution < 1.29 is 5.11 Å². The predicted octanol–water partition coefficient (Wildman–Crippen LogP) is 1.71. The van der Waals surface area contributed by atoms with Gasteiger partial charge in [-0.1, -0.05) is 42.0 Å². The fourth-order valence-corrected chi connectivity index (χ4v) is 1.04. The van der Waals surface area contributed by atoms with E-state index in [4.69, 9.17) is 17.3 Å². The Morgan fingerprint density at radius 3 is 2.82 bits per heavy atom. The zero-order chi connectivity index (χ0) is 8.27. The van der Waals surface area contributed by atoms with E-state index in [-0.39, 0.29) is 6.61 Å². The maximum Gasteiger partial charge on any atom is 0.0788 e. The smallest absolute Gasteiger partial charge is 0.0788 e. The zero-order valence-corrected chi connectivity index (χ0v) is 7.19. The van der Waals surface area contributed by atoms with Crippen molar-refractivity contribution in [1.82, 2.24) is 0 Å². The van der Waals surface area contributed by atoms with E-state index in [1.54, 1.807) is 0 Å². The maximum absolute atomic E-state index is 8.74. The molecule has 1 nitrogen and oxygen atoms in total. The van der Waals surface area contributed by atoms with E-state index < -0.39 is 0 Å². The van der Waals surface area contributed by atoms with Gasteiger partial charge in [0.2, 0.25) is 0 Å². The van der Waals surface area contributed by atoms with Crippen molar-refractivity contribution in [2.45, 2.75) is 6.92 Å². The Kier molecular flexibility index (Phi) is 2.74. The normalized spacial score (nSPS) is 9.64. The van der Waals surface area contributed by atoms with Gasteiger partial charge < -0.3 is 5.11 Å². The molecule has 0 aliphatic carbocycles. The highest BCUT2D eigenvalue weighted by Gasteiger charge is 1.97. The predicted molar refractivity (Wildman–Crippen MR) is 50.0 cm³/mol. The van der Waals surface area contributed by atoms with Gasteiger partial charge in [0.25, 0.3) is 0 Å². The Labute approximate surface area is 71.7 Å². The first-order valence-electron chi connectivity index (χ1n) is 3.45. The third-order valence-electron chi connectivity index (χ3n) is 1.48. The molecule has 1 rings (SSSR count). The lowest BCUT2D eigenvalue weighted by Gasteiger charge is -1.99. The first-order chi connectivity index (χ1) is 5.24. The van der Waals surface area contributed by atoms with Gasteiger partial charge in [-0.25, -0.2) is 0 Å². The summed E-state index contributed by atoms with van der Waals surface area (Å²) >= 11 is 4.93. The van der Waals surface area contributed by atoms with Gasteiger partial charge in [0.15, 0.2) is 0 Å². The first kappa shape index (κ1) is 8.37. The molecule has 11 heavy (non-hydrogen) atoms. The molecular weight excluding hydrogens is 156 g/mol. The lowest BCUT2D eigenvalue weighted by atomic mass is 10.1. The van der Waals surface area contributed by atoms with E-state index in [0.29, 0.717) is 4.86 Å². The molecule has 2 heteroatoms. The second-order valence-corrected chi connectivity index (χ2v) is 2.94. The van der Waals surface area contributed by atoms with Crippen LogP contribution in [0.5, 0.6) is 0 Å². The Hall–Kier alpha value is -0.730. The lowest BCUT2D eigenvalue weighted by molar-refractivity contribution is 0.360. The minimum Gasteiger partial charge on any atom is -0.391 e. The number of benzene rings is 1. The molecular formula is C9H10OS. The van der Waals surface area contributed by atoms with E-state index in [2.05, 4.69) is 0 Å². The van der Waals surface area contributed by atoms with Crippen LogP contribution >= 0.6 is 12.2 Å². The van der Waals surface area contributed by atoms with Crippen LogP contribution in [0, 0.1) is 6.92 Å². The van der Waals surface area contributed by atoms with Crippen molar-refractivity contribution in [2.75, 3.05) is 6.61 Å². The van der Waals surface area contributed by atoms with E-state index in [1.165, 1.54) is 5.56 Å². The van der Waals surface area contributed by atoms with Crippen LogP contribution in [0.4, 0.5) is 0 Å². The van der Waals surface area contributed by atoms with E-state index >= 15 is 0 Å². The molecule has 0 aromatic heterocycles. The summed E-state index contributed by atoms with van der Waals surface area (Å²) in [6.07, 6.45) is 0. The summed E-state index contributed by atoms with van der Waals surface area (Å²) in [5.74, 6) is 0. The van der Waals surface area contributed by atoms with Crippen molar-refractivity contribution in [3.63, 3.8) is 0 Å². The largest absolute Gasteiger partial charge is 0.391 e. The van der Waals surface area contributed by atoms with Crippen molar-refractivity contribution >= 4 is 17.1 Å². The average Bonchev–Trinajstić information content (AvgIpc) is 2.03. The quantitative estimate of drug-likeness (QED) is 0.533. The van der Waals surface area contributed by atoms with Crippen LogP contribution in [0.3, 0.4) is 0 Å². The van der Waals surface area contributed by atoms with Crippen LogP contribution in [0.25, 0.3) is 0 Å². The minimum atomic E-state index is -0.0429. The Balaban J connectivity index is 2.96. The summed E-state index contributed by atoms with van der Waals surface area (Å²) in [6, 6.07) is 7.82. The van der Waals surface area contributed by atoms with Crippen molar-refractivity contribution in [1.29, 1.82) is 0 Å². The Morgan fingerprint density at radius 2 is 2.27 bits per heavy atom. The molecule has 0 saturated heterocycles. The summed E-state index contributed by atoms with van der Waals surface area (Å²) in [4.78, 5) is 0.605. The van der Waals surface area contributed by atoms with Gasteiger partial charge >= 0.3 is 0 Å². The summed E-state index contributed by atoms with van der Waals surface area (Å²) in [7, 11) is 0. The van der Waals surface area contributed by atoms with Crippen LogP contribution < -0.4 is 0 Å². The summed E-state index contributed by atoms with van der Waals surface area (Å²) in [6.45, 7) is 1.96. The molecule has 0 radical (unpaired) electrons. The van der Waals surface area contributed by atoms with Crippen molar-refractivity contribution in [2.24, 2.45) is 0 Å². The van der Waals surface area contributed by atoms with Crippen LogP contribution in [0.1, 0.15) is 11.1 Å². The van der Waals surface area contributed by atoms with E-state index in [0.717, 1.165) is 5.56 Å². The number of aryl methyl sites for hydroxylation is 1. The monoisotopic (exact) mass is 166 g/mol. The van der Waals surface area contributed by atoms with Crippen molar-refractivity contribution in [3.8, 4) is 0 Å². The van der Waals surface area contributed by atoms with Crippen LogP contribution in [0.2, 0.25) is 0 Å². The molecule has 0 fully saturated rings. The lowest BCUT2D eigenvalue weighted by Crippen LogP contribution is -2.02. The SMILES string of the molecule is Cc1cccc(C(=S)CO)c1. The fourth-order valence-electron chi connectivity index (χ4n) is 0.910. The number of aliphatic hydroxyl groups is 1. The average molecular weight is 166 g/mol. The molecule has 58 valence electrons.